The third-order valence-corrected chi connectivity index (χ3v) is 3.13. The third kappa shape index (κ3) is 3.56. The van der Waals surface area contributed by atoms with Gasteiger partial charge >= 0.3 is 0 Å². The fourth-order valence-electron chi connectivity index (χ4n) is 1.91. The van der Waals surface area contributed by atoms with Gasteiger partial charge in [-0.25, -0.2) is 4.68 Å². The number of benzene rings is 1. The number of nitrogens with zero attached hydrogens (tertiary/aromatic N) is 2. The first-order valence-corrected chi connectivity index (χ1v) is 6.92. The number of unbranched alkanes of at least 4 members (excludes halogenated alkanes) is 1. The quantitative estimate of drug-likeness (QED) is 0.604. The first kappa shape index (κ1) is 15.0. The van der Waals surface area contributed by atoms with Crippen LogP contribution in [0.2, 0.25) is 0 Å². The predicted octanol–water partition coefficient (Wildman–Crippen LogP) is 2.44. The molecule has 5 nitrogen and oxygen atoms in total. The highest BCUT2D eigenvalue weighted by molar-refractivity contribution is 5.76. The molecule has 2 rings (SSSR count). The van der Waals surface area contributed by atoms with Gasteiger partial charge in [-0.1, -0.05) is 13.3 Å². The standard InChI is InChI=1S/C16H18N2O3/c1-3-4-9-21-14-7-5-12(6-8-14)15-10-13(11-19)16(20)18(2)17-15/h5-8,10-11H,3-4,9H2,1-2H3. The van der Waals surface area contributed by atoms with Gasteiger partial charge in [-0.05, 0) is 36.8 Å². The van der Waals surface area contributed by atoms with Crippen molar-refractivity contribution < 1.29 is 9.53 Å². The number of aromatic nitrogens is 2. The molecule has 2 aromatic rings. The van der Waals surface area contributed by atoms with E-state index in [4.69, 9.17) is 4.74 Å². The van der Waals surface area contributed by atoms with Crippen LogP contribution in [0.5, 0.6) is 5.75 Å². The number of aldehydes is 1. The maximum atomic E-state index is 11.6. The lowest BCUT2D eigenvalue weighted by Crippen LogP contribution is -2.23. The highest BCUT2D eigenvalue weighted by atomic mass is 16.5. The molecule has 110 valence electrons. The Bertz CT molecular complexity index is 675. The first-order valence-electron chi connectivity index (χ1n) is 6.92. The summed E-state index contributed by atoms with van der Waals surface area (Å²) in [5, 5.41) is 4.16. The highest BCUT2D eigenvalue weighted by Crippen LogP contribution is 2.20. The van der Waals surface area contributed by atoms with Crippen molar-refractivity contribution in [1.29, 1.82) is 0 Å². The Morgan fingerprint density at radius 3 is 2.62 bits per heavy atom. The van der Waals surface area contributed by atoms with Gasteiger partial charge in [-0.2, -0.15) is 5.10 Å². The van der Waals surface area contributed by atoms with Gasteiger partial charge in [0.1, 0.15) is 5.75 Å². The van der Waals surface area contributed by atoms with Crippen LogP contribution in [0.25, 0.3) is 11.3 Å². The maximum Gasteiger partial charge on any atom is 0.277 e. The molecule has 0 unspecified atom stereocenters. The van der Waals surface area contributed by atoms with E-state index in [9.17, 15) is 9.59 Å². The molecule has 1 aromatic heterocycles. The number of aryl methyl sites for hydroxylation is 1. The van der Waals surface area contributed by atoms with Crippen LogP contribution in [0.4, 0.5) is 0 Å². The van der Waals surface area contributed by atoms with Gasteiger partial charge in [0.15, 0.2) is 6.29 Å². The summed E-state index contributed by atoms with van der Waals surface area (Å²) >= 11 is 0. The lowest BCUT2D eigenvalue weighted by atomic mass is 10.1. The van der Waals surface area contributed by atoms with Crippen molar-refractivity contribution in [3.63, 3.8) is 0 Å². The Hall–Kier alpha value is -2.43. The summed E-state index contributed by atoms with van der Waals surface area (Å²) in [4.78, 5) is 22.5. The van der Waals surface area contributed by atoms with E-state index in [1.165, 1.54) is 17.8 Å². The van der Waals surface area contributed by atoms with Gasteiger partial charge in [-0.15, -0.1) is 0 Å². The molecule has 0 bridgehead atoms. The number of carbonyl (C=O) groups is 1. The van der Waals surface area contributed by atoms with Crippen molar-refractivity contribution in [2.45, 2.75) is 19.8 Å². The molecule has 0 aliphatic heterocycles. The molecule has 0 aliphatic carbocycles. The zero-order valence-corrected chi connectivity index (χ0v) is 12.2. The van der Waals surface area contributed by atoms with Crippen LogP contribution in [0.15, 0.2) is 35.1 Å². The van der Waals surface area contributed by atoms with Crippen molar-refractivity contribution in [3.8, 4) is 17.0 Å². The zero-order chi connectivity index (χ0) is 15.2. The molecular formula is C16H18N2O3. The molecule has 0 spiro atoms. The molecule has 0 saturated carbocycles. The zero-order valence-electron chi connectivity index (χ0n) is 12.2. The number of carbonyl (C=O) groups excluding carboxylic acids is 1. The minimum absolute atomic E-state index is 0.103. The Labute approximate surface area is 123 Å². The van der Waals surface area contributed by atoms with Crippen molar-refractivity contribution in [3.05, 3.63) is 46.2 Å². The van der Waals surface area contributed by atoms with Crippen LogP contribution in [-0.4, -0.2) is 22.7 Å². The number of hydrogen-bond donors (Lipinski definition) is 0. The number of rotatable bonds is 6. The Morgan fingerprint density at radius 1 is 1.29 bits per heavy atom. The van der Waals surface area contributed by atoms with Crippen LogP contribution in [0.3, 0.4) is 0 Å². The SMILES string of the molecule is CCCCOc1ccc(-c2cc(C=O)c(=O)n(C)n2)cc1. The van der Waals surface area contributed by atoms with Crippen LogP contribution in [0, 0.1) is 0 Å². The fraction of sp³-hybridized carbons (Fsp3) is 0.312. The van der Waals surface area contributed by atoms with Crippen LogP contribution in [-0.2, 0) is 7.05 Å². The summed E-state index contributed by atoms with van der Waals surface area (Å²) in [6.07, 6.45) is 2.66. The van der Waals surface area contributed by atoms with E-state index in [0.717, 1.165) is 24.2 Å². The molecule has 0 aliphatic rings. The maximum absolute atomic E-state index is 11.6. The summed E-state index contributed by atoms with van der Waals surface area (Å²) in [6.45, 7) is 2.81. The van der Waals surface area contributed by atoms with Crippen molar-refractivity contribution in [2.24, 2.45) is 7.05 Å². The predicted molar refractivity (Wildman–Crippen MR) is 80.7 cm³/mol. The van der Waals surface area contributed by atoms with Gasteiger partial charge in [-0.3, -0.25) is 9.59 Å². The molecule has 1 aromatic carbocycles. The van der Waals surface area contributed by atoms with E-state index in [0.29, 0.717) is 18.6 Å². The van der Waals surface area contributed by atoms with E-state index in [1.54, 1.807) is 0 Å². The minimum atomic E-state index is -0.395. The Kier molecular flexibility index (Phi) is 4.87. The molecule has 0 atom stereocenters. The highest BCUT2D eigenvalue weighted by Gasteiger charge is 2.07. The molecule has 5 heteroatoms. The van der Waals surface area contributed by atoms with E-state index in [2.05, 4.69) is 12.0 Å². The number of ether oxygens (including phenoxy) is 1. The smallest absolute Gasteiger partial charge is 0.277 e. The molecule has 1 heterocycles. The molecule has 0 saturated heterocycles. The van der Waals surface area contributed by atoms with Crippen molar-refractivity contribution >= 4 is 6.29 Å². The molecule has 0 N–H and O–H groups in total. The molecule has 0 fully saturated rings. The second-order valence-electron chi connectivity index (χ2n) is 4.76. The summed E-state index contributed by atoms with van der Waals surface area (Å²) < 4.78 is 6.76. The largest absolute Gasteiger partial charge is 0.494 e. The van der Waals surface area contributed by atoms with E-state index >= 15 is 0 Å². The third-order valence-electron chi connectivity index (χ3n) is 3.13. The lowest BCUT2D eigenvalue weighted by Gasteiger charge is -2.07. The fourth-order valence-corrected chi connectivity index (χ4v) is 1.91. The minimum Gasteiger partial charge on any atom is -0.494 e. The van der Waals surface area contributed by atoms with Crippen molar-refractivity contribution in [1.82, 2.24) is 9.78 Å². The second kappa shape index (κ2) is 6.83. The normalized spacial score (nSPS) is 10.4. The van der Waals surface area contributed by atoms with Gasteiger partial charge in [0.25, 0.3) is 5.56 Å². The van der Waals surface area contributed by atoms with Crippen LogP contribution >= 0.6 is 0 Å². The molecule has 0 amide bonds. The van der Waals surface area contributed by atoms with Gasteiger partial charge in [0.2, 0.25) is 0 Å². The van der Waals surface area contributed by atoms with Crippen LogP contribution < -0.4 is 10.3 Å². The Morgan fingerprint density at radius 2 is 2.00 bits per heavy atom. The average Bonchev–Trinajstić information content (AvgIpc) is 2.51. The van der Waals surface area contributed by atoms with Crippen LogP contribution in [0.1, 0.15) is 30.1 Å². The number of hydrogen-bond acceptors (Lipinski definition) is 4. The molecular weight excluding hydrogens is 268 g/mol. The summed E-state index contributed by atoms with van der Waals surface area (Å²) in [5.74, 6) is 0.799. The summed E-state index contributed by atoms with van der Waals surface area (Å²) in [7, 11) is 1.53. The average molecular weight is 286 g/mol. The Balaban J connectivity index is 2.24. The van der Waals surface area contributed by atoms with E-state index in [-0.39, 0.29) is 5.56 Å². The van der Waals surface area contributed by atoms with E-state index < -0.39 is 5.56 Å². The molecule has 0 radical (unpaired) electrons. The monoisotopic (exact) mass is 286 g/mol. The summed E-state index contributed by atoms with van der Waals surface area (Å²) in [6, 6.07) is 8.95. The first-order chi connectivity index (χ1) is 10.2. The van der Waals surface area contributed by atoms with Gasteiger partial charge < -0.3 is 4.74 Å². The summed E-state index contributed by atoms with van der Waals surface area (Å²) in [5.41, 5.74) is 1.12. The topological polar surface area (TPSA) is 61.2 Å². The van der Waals surface area contributed by atoms with Crippen molar-refractivity contribution in [2.75, 3.05) is 6.61 Å². The second-order valence-corrected chi connectivity index (χ2v) is 4.76. The van der Waals surface area contributed by atoms with Gasteiger partial charge in [0, 0.05) is 12.6 Å². The van der Waals surface area contributed by atoms with Gasteiger partial charge in [0.05, 0.1) is 17.9 Å². The lowest BCUT2D eigenvalue weighted by molar-refractivity contribution is 0.112. The molecule has 21 heavy (non-hydrogen) atoms. The van der Waals surface area contributed by atoms with E-state index in [1.807, 2.05) is 24.3 Å².